The Morgan fingerprint density at radius 1 is 1.24 bits per heavy atom. The molecule has 1 unspecified atom stereocenters. The molecule has 6 nitrogen and oxygen atoms in total. The van der Waals surface area contributed by atoms with Crippen molar-refractivity contribution in [1.29, 1.82) is 0 Å². The van der Waals surface area contributed by atoms with Crippen molar-refractivity contribution in [3.63, 3.8) is 0 Å². The van der Waals surface area contributed by atoms with Crippen LogP contribution in [0.4, 0.5) is 0 Å². The number of halogens is 1. The molecule has 0 N–H and O–H groups in total. The monoisotopic (exact) mass is 362 g/mol. The second-order valence-corrected chi connectivity index (χ2v) is 6.53. The summed E-state index contributed by atoms with van der Waals surface area (Å²) in [6.07, 6.45) is 1.53. The van der Waals surface area contributed by atoms with Crippen molar-refractivity contribution in [3.05, 3.63) is 35.4 Å². The van der Waals surface area contributed by atoms with Gasteiger partial charge in [-0.05, 0) is 24.6 Å². The third-order valence-corrected chi connectivity index (χ3v) is 4.64. The summed E-state index contributed by atoms with van der Waals surface area (Å²) in [6.45, 7) is 9.75. The van der Waals surface area contributed by atoms with Crippen molar-refractivity contribution >= 4 is 23.8 Å². The molecule has 0 amide bonds. The lowest BCUT2D eigenvalue weighted by Crippen LogP contribution is -2.49. The van der Waals surface area contributed by atoms with Crippen molar-refractivity contribution in [2.24, 2.45) is 9.98 Å². The van der Waals surface area contributed by atoms with Gasteiger partial charge in [-0.2, -0.15) is 0 Å². The Kier molecular flexibility index (Phi) is 5.60. The first-order chi connectivity index (χ1) is 12.1. The first kappa shape index (κ1) is 17.8. The fraction of sp³-hybridized carbons (Fsp3) is 0.444. The molecular formula is C18H23ClN4O2. The Bertz CT molecular complexity index is 696. The maximum absolute atomic E-state index is 5.75. The number of nitrogens with zero attached hydrogens (tertiary/aromatic N) is 4. The summed E-state index contributed by atoms with van der Waals surface area (Å²) < 4.78 is 10.9. The highest BCUT2D eigenvalue weighted by Crippen LogP contribution is 2.35. The van der Waals surface area contributed by atoms with Gasteiger partial charge in [0.05, 0.1) is 5.03 Å². The lowest BCUT2D eigenvalue weighted by Gasteiger charge is -2.38. The highest BCUT2D eigenvalue weighted by molar-refractivity contribution is 6.39. The molecule has 25 heavy (non-hydrogen) atoms. The molecule has 1 aromatic rings. The normalized spacial score (nSPS) is 19.5. The molecule has 1 aromatic carbocycles. The van der Waals surface area contributed by atoms with Crippen LogP contribution in [0.5, 0.6) is 11.5 Å². The average molecular weight is 363 g/mol. The number of rotatable bonds is 3. The Morgan fingerprint density at radius 3 is 2.64 bits per heavy atom. The number of hydrogen-bond acceptors (Lipinski definition) is 4. The van der Waals surface area contributed by atoms with E-state index in [2.05, 4.69) is 45.4 Å². The minimum atomic E-state index is 0.306. The van der Waals surface area contributed by atoms with E-state index >= 15 is 0 Å². The minimum Gasteiger partial charge on any atom is -0.454 e. The van der Waals surface area contributed by atoms with E-state index in [0.717, 1.165) is 37.7 Å². The van der Waals surface area contributed by atoms with Gasteiger partial charge in [0.15, 0.2) is 11.5 Å². The molecule has 7 heteroatoms. The molecule has 134 valence electrons. The summed E-state index contributed by atoms with van der Waals surface area (Å²) >= 11 is 5.75. The number of fused-ring (bicyclic) bond motifs is 1. The topological polar surface area (TPSA) is 49.7 Å². The minimum absolute atomic E-state index is 0.306. The van der Waals surface area contributed by atoms with Crippen LogP contribution in [0.15, 0.2) is 39.8 Å². The molecule has 2 aliphatic heterocycles. The predicted molar refractivity (Wildman–Crippen MR) is 101 cm³/mol. The highest BCUT2D eigenvalue weighted by Gasteiger charge is 2.25. The van der Waals surface area contributed by atoms with E-state index in [-0.39, 0.29) is 0 Å². The molecule has 3 rings (SSSR count). The summed E-state index contributed by atoms with van der Waals surface area (Å²) in [6, 6.07) is 6.49. The van der Waals surface area contributed by atoms with E-state index in [1.165, 1.54) is 11.8 Å². The van der Waals surface area contributed by atoms with Gasteiger partial charge in [0, 0.05) is 45.5 Å². The predicted octanol–water partition coefficient (Wildman–Crippen LogP) is 2.90. The Balaban J connectivity index is 1.61. The Hall–Kier alpha value is -2.05. The summed E-state index contributed by atoms with van der Waals surface area (Å²) in [5.74, 6) is 2.35. The summed E-state index contributed by atoms with van der Waals surface area (Å²) in [4.78, 5) is 13.2. The first-order valence-corrected chi connectivity index (χ1v) is 8.70. The van der Waals surface area contributed by atoms with E-state index in [0.29, 0.717) is 23.8 Å². The average Bonchev–Trinajstić information content (AvgIpc) is 3.09. The van der Waals surface area contributed by atoms with Crippen molar-refractivity contribution in [3.8, 4) is 11.5 Å². The van der Waals surface area contributed by atoms with E-state index in [4.69, 9.17) is 21.1 Å². The van der Waals surface area contributed by atoms with Crippen LogP contribution in [0.1, 0.15) is 18.5 Å². The number of benzene rings is 1. The Morgan fingerprint density at radius 2 is 1.96 bits per heavy atom. The molecule has 0 saturated carbocycles. The molecule has 0 bridgehead atoms. The van der Waals surface area contributed by atoms with Crippen LogP contribution in [-0.2, 0) is 0 Å². The van der Waals surface area contributed by atoms with Gasteiger partial charge in [-0.1, -0.05) is 24.2 Å². The van der Waals surface area contributed by atoms with E-state index < -0.39 is 0 Å². The number of ether oxygens (including phenoxy) is 2. The molecule has 1 fully saturated rings. The maximum Gasteiger partial charge on any atom is 0.231 e. The summed E-state index contributed by atoms with van der Waals surface area (Å²) in [5.41, 5.74) is 1.23. The highest BCUT2D eigenvalue weighted by atomic mass is 35.5. The van der Waals surface area contributed by atoms with Gasteiger partial charge in [-0.25, -0.2) is 4.99 Å². The van der Waals surface area contributed by atoms with Gasteiger partial charge in [0.25, 0.3) is 0 Å². The van der Waals surface area contributed by atoms with Crippen LogP contribution in [0.25, 0.3) is 0 Å². The molecule has 0 spiro atoms. The zero-order chi connectivity index (χ0) is 17.8. The molecule has 1 atom stereocenters. The smallest absolute Gasteiger partial charge is 0.231 e. The Labute approximate surface area is 153 Å². The maximum atomic E-state index is 5.75. The van der Waals surface area contributed by atoms with Crippen molar-refractivity contribution in [2.45, 2.75) is 13.0 Å². The number of allylic oxidation sites excluding steroid dienone is 1. The van der Waals surface area contributed by atoms with Crippen molar-refractivity contribution < 1.29 is 9.47 Å². The SMILES string of the molecule is C=C(Cl)C=NC(=NC)N1CCN(C(C)c2ccc3c(c2)OCO3)CC1. The number of hydrogen-bond donors (Lipinski definition) is 0. The number of guanidine groups is 1. The molecular weight excluding hydrogens is 340 g/mol. The standard InChI is InChI=1S/C18H23ClN4O2/c1-13(19)11-21-18(20-3)23-8-6-22(7-9-23)14(2)15-4-5-16-17(10-15)25-12-24-16/h4-5,10-11,14H,1,6-9,12H2,2-3H3. The van der Waals surface area contributed by atoms with Crippen LogP contribution < -0.4 is 9.47 Å². The molecule has 1 saturated heterocycles. The molecule has 0 aliphatic carbocycles. The molecule has 0 aromatic heterocycles. The quantitative estimate of drug-likeness (QED) is 0.612. The summed E-state index contributed by atoms with van der Waals surface area (Å²) in [5, 5.41) is 0.399. The zero-order valence-corrected chi connectivity index (χ0v) is 15.4. The van der Waals surface area contributed by atoms with Crippen molar-refractivity contribution in [1.82, 2.24) is 9.80 Å². The van der Waals surface area contributed by atoms with Gasteiger partial charge in [-0.3, -0.25) is 9.89 Å². The second kappa shape index (κ2) is 7.89. The van der Waals surface area contributed by atoms with Crippen LogP contribution >= 0.6 is 11.6 Å². The van der Waals surface area contributed by atoms with Gasteiger partial charge in [0.1, 0.15) is 0 Å². The van der Waals surface area contributed by atoms with Crippen molar-refractivity contribution in [2.75, 3.05) is 40.0 Å². The molecule has 0 radical (unpaired) electrons. The van der Waals surface area contributed by atoms with Gasteiger partial charge >= 0.3 is 0 Å². The van der Waals surface area contributed by atoms with Crippen LogP contribution in [0.2, 0.25) is 0 Å². The fourth-order valence-corrected chi connectivity index (χ4v) is 3.15. The van der Waals surface area contributed by atoms with Crippen LogP contribution in [0.3, 0.4) is 0 Å². The number of aliphatic imine (C=N–C) groups is 2. The van der Waals surface area contributed by atoms with E-state index in [9.17, 15) is 0 Å². The van der Waals surface area contributed by atoms with Gasteiger partial charge < -0.3 is 14.4 Å². The molecule has 2 aliphatic rings. The third-order valence-electron chi connectivity index (χ3n) is 4.54. The largest absolute Gasteiger partial charge is 0.454 e. The van der Waals surface area contributed by atoms with Gasteiger partial charge in [-0.15, -0.1) is 0 Å². The lowest BCUT2D eigenvalue weighted by atomic mass is 10.1. The van der Waals surface area contributed by atoms with E-state index in [1.54, 1.807) is 7.05 Å². The fourth-order valence-electron chi connectivity index (χ4n) is 3.10. The van der Waals surface area contributed by atoms with Gasteiger partial charge in [0.2, 0.25) is 12.8 Å². The first-order valence-electron chi connectivity index (χ1n) is 8.32. The molecule has 2 heterocycles. The lowest BCUT2D eigenvalue weighted by molar-refractivity contribution is 0.139. The third kappa shape index (κ3) is 4.14. The van der Waals surface area contributed by atoms with Crippen LogP contribution in [-0.4, -0.2) is 62.0 Å². The second-order valence-electron chi connectivity index (χ2n) is 6.04. The number of piperazine rings is 1. The van der Waals surface area contributed by atoms with Crippen LogP contribution in [0, 0.1) is 0 Å². The van der Waals surface area contributed by atoms with E-state index in [1.807, 2.05) is 6.07 Å². The summed E-state index contributed by atoms with van der Waals surface area (Å²) in [7, 11) is 1.74. The zero-order valence-electron chi connectivity index (χ0n) is 14.6.